The Kier molecular flexibility index (Phi) is 7.67. The van der Waals surface area contributed by atoms with E-state index in [-0.39, 0.29) is 5.91 Å². The number of amides is 1. The largest absolute Gasteiger partial charge is 0.434 e. The van der Waals surface area contributed by atoms with Crippen molar-refractivity contribution in [1.29, 1.82) is 0 Å². The van der Waals surface area contributed by atoms with E-state index in [1.807, 2.05) is 11.8 Å². The highest BCUT2D eigenvalue weighted by molar-refractivity contribution is 7.09. The number of nitrogens with one attached hydrogen (secondary N) is 2. The van der Waals surface area contributed by atoms with Crippen LogP contribution in [0.4, 0.5) is 13.2 Å². The van der Waals surface area contributed by atoms with Crippen LogP contribution in [0.1, 0.15) is 36.9 Å². The first-order valence-corrected chi connectivity index (χ1v) is 9.59. The van der Waals surface area contributed by atoms with Gasteiger partial charge in [-0.25, -0.2) is 4.98 Å². The van der Waals surface area contributed by atoms with Gasteiger partial charge in [0.2, 0.25) is 5.91 Å². The number of hydrogen-bond donors (Lipinski definition) is 2. The van der Waals surface area contributed by atoms with Crippen molar-refractivity contribution in [1.82, 2.24) is 20.5 Å². The molecule has 0 saturated carbocycles. The monoisotopic (exact) mass is 391 g/mol. The fourth-order valence-electron chi connectivity index (χ4n) is 2.58. The molecule has 146 valence electrons. The van der Waals surface area contributed by atoms with Crippen molar-refractivity contribution in [3.05, 3.63) is 16.1 Å². The van der Waals surface area contributed by atoms with Gasteiger partial charge in [-0.2, -0.15) is 13.2 Å². The molecule has 1 saturated heterocycles. The van der Waals surface area contributed by atoms with Crippen LogP contribution in [0.5, 0.6) is 0 Å². The summed E-state index contributed by atoms with van der Waals surface area (Å²) in [5, 5.41) is 7.67. The number of aliphatic imine (C=N–C) groups is 1. The summed E-state index contributed by atoms with van der Waals surface area (Å²) in [5.41, 5.74) is -0.838. The van der Waals surface area contributed by atoms with Gasteiger partial charge >= 0.3 is 6.18 Å². The van der Waals surface area contributed by atoms with Crippen LogP contribution in [0.3, 0.4) is 0 Å². The van der Waals surface area contributed by atoms with Crippen LogP contribution in [0, 0.1) is 0 Å². The molecule has 1 aliphatic heterocycles. The van der Waals surface area contributed by atoms with E-state index in [0.717, 1.165) is 36.1 Å². The van der Waals surface area contributed by atoms with Crippen molar-refractivity contribution < 1.29 is 18.0 Å². The highest BCUT2D eigenvalue weighted by Crippen LogP contribution is 2.29. The Bertz CT molecular complexity index is 617. The summed E-state index contributed by atoms with van der Waals surface area (Å²) in [6, 6.07) is 0. The zero-order valence-electron chi connectivity index (χ0n) is 14.7. The number of carbonyl (C=O) groups is 1. The molecule has 2 N–H and O–H groups in total. The second kappa shape index (κ2) is 9.75. The van der Waals surface area contributed by atoms with E-state index in [2.05, 4.69) is 20.6 Å². The Hall–Kier alpha value is -1.84. The minimum absolute atomic E-state index is 0.209. The van der Waals surface area contributed by atoms with E-state index >= 15 is 0 Å². The van der Waals surface area contributed by atoms with Gasteiger partial charge in [-0.3, -0.25) is 9.79 Å². The molecule has 0 bridgehead atoms. The molecule has 0 radical (unpaired) electrons. The van der Waals surface area contributed by atoms with Crippen molar-refractivity contribution >= 4 is 23.2 Å². The Morgan fingerprint density at radius 1 is 1.42 bits per heavy atom. The molecular weight excluding hydrogens is 367 g/mol. The zero-order valence-corrected chi connectivity index (χ0v) is 15.5. The second-order valence-corrected chi connectivity index (χ2v) is 6.84. The van der Waals surface area contributed by atoms with Crippen LogP contribution in [-0.2, 0) is 17.4 Å². The molecule has 2 heterocycles. The molecule has 0 aromatic carbocycles. The molecule has 0 spiro atoms. The minimum atomic E-state index is -4.39. The SMILES string of the molecule is CCNC(=NCCCN1CCCC1=O)NCCc1nc(C(F)(F)F)cs1. The summed E-state index contributed by atoms with van der Waals surface area (Å²) in [6.07, 6.45) is -1.65. The van der Waals surface area contributed by atoms with Gasteiger partial charge in [0.25, 0.3) is 0 Å². The number of likely N-dealkylation sites (tertiary alicyclic amines) is 1. The van der Waals surface area contributed by atoms with Crippen LogP contribution in [0.2, 0.25) is 0 Å². The molecule has 1 aromatic rings. The first-order valence-electron chi connectivity index (χ1n) is 8.71. The Morgan fingerprint density at radius 3 is 2.85 bits per heavy atom. The number of rotatable bonds is 8. The van der Waals surface area contributed by atoms with E-state index in [9.17, 15) is 18.0 Å². The summed E-state index contributed by atoms with van der Waals surface area (Å²) in [6.45, 7) is 5.19. The Balaban J connectivity index is 1.72. The van der Waals surface area contributed by atoms with Crippen molar-refractivity contribution in [2.75, 3.05) is 32.7 Å². The lowest BCUT2D eigenvalue weighted by Crippen LogP contribution is -2.38. The fraction of sp³-hybridized carbons (Fsp3) is 0.688. The average molecular weight is 391 g/mol. The lowest BCUT2D eigenvalue weighted by atomic mass is 10.4. The van der Waals surface area contributed by atoms with Crippen LogP contribution in [0.15, 0.2) is 10.4 Å². The van der Waals surface area contributed by atoms with Gasteiger partial charge < -0.3 is 15.5 Å². The molecule has 1 fully saturated rings. The molecule has 10 heteroatoms. The topological polar surface area (TPSA) is 69.6 Å². The number of hydrogen-bond acceptors (Lipinski definition) is 4. The van der Waals surface area contributed by atoms with Gasteiger partial charge in [0.15, 0.2) is 11.7 Å². The Labute approximate surface area is 154 Å². The van der Waals surface area contributed by atoms with Gasteiger partial charge in [-0.05, 0) is 19.8 Å². The molecule has 1 amide bonds. The van der Waals surface area contributed by atoms with Crippen molar-refractivity contribution in [3.63, 3.8) is 0 Å². The number of nitrogens with zero attached hydrogens (tertiary/aromatic N) is 3. The summed E-state index contributed by atoms with van der Waals surface area (Å²) >= 11 is 1.01. The maximum atomic E-state index is 12.5. The number of alkyl halides is 3. The van der Waals surface area contributed by atoms with E-state index in [0.29, 0.717) is 50.0 Å². The average Bonchev–Trinajstić information content (AvgIpc) is 3.20. The number of thiazole rings is 1. The predicted molar refractivity (Wildman–Crippen MR) is 95.2 cm³/mol. The number of halogens is 3. The highest BCUT2D eigenvalue weighted by Gasteiger charge is 2.33. The number of carbonyl (C=O) groups excluding carboxylic acids is 1. The molecule has 2 rings (SSSR count). The molecular formula is C16H24F3N5OS. The molecule has 0 atom stereocenters. The smallest absolute Gasteiger partial charge is 0.357 e. The van der Waals surface area contributed by atoms with Gasteiger partial charge in [0.1, 0.15) is 0 Å². The van der Waals surface area contributed by atoms with E-state index in [1.54, 1.807) is 0 Å². The summed E-state index contributed by atoms with van der Waals surface area (Å²) < 4.78 is 37.6. The first-order chi connectivity index (χ1) is 12.4. The molecule has 6 nitrogen and oxygen atoms in total. The van der Waals surface area contributed by atoms with Crippen LogP contribution < -0.4 is 10.6 Å². The predicted octanol–water partition coefficient (Wildman–Crippen LogP) is 2.27. The Morgan fingerprint density at radius 2 is 2.23 bits per heavy atom. The minimum Gasteiger partial charge on any atom is -0.357 e. The normalized spacial score (nSPS) is 15.6. The van der Waals surface area contributed by atoms with E-state index < -0.39 is 11.9 Å². The number of aromatic nitrogens is 1. The van der Waals surface area contributed by atoms with Gasteiger partial charge in [-0.1, -0.05) is 0 Å². The van der Waals surface area contributed by atoms with Gasteiger partial charge in [0.05, 0.1) is 5.01 Å². The summed E-state index contributed by atoms with van der Waals surface area (Å²) in [5.74, 6) is 0.827. The standard InChI is InChI=1S/C16H24F3N5OS/c1-2-20-15(21-7-4-10-24-9-3-5-14(24)25)22-8-6-13-23-12(11-26-13)16(17,18)19/h11H,2-10H2,1H3,(H2,20,21,22). The van der Waals surface area contributed by atoms with Crippen molar-refractivity contribution in [2.45, 2.75) is 38.8 Å². The number of guanidine groups is 1. The van der Waals surface area contributed by atoms with Crippen molar-refractivity contribution in [2.24, 2.45) is 4.99 Å². The first kappa shape index (κ1) is 20.5. The lowest BCUT2D eigenvalue weighted by molar-refractivity contribution is -0.140. The van der Waals surface area contributed by atoms with Gasteiger partial charge in [-0.15, -0.1) is 11.3 Å². The van der Waals surface area contributed by atoms with Crippen LogP contribution in [0.25, 0.3) is 0 Å². The zero-order chi connectivity index (χ0) is 19.0. The maximum absolute atomic E-state index is 12.5. The van der Waals surface area contributed by atoms with Crippen LogP contribution >= 0.6 is 11.3 Å². The third-order valence-electron chi connectivity index (χ3n) is 3.85. The van der Waals surface area contributed by atoms with E-state index in [4.69, 9.17) is 0 Å². The molecule has 26 heavy (non-hydrogen) atoms. The molecule has 0 aliphatic carbocycles. The molecule has 0 unspecified atom stereocenters. The quantitative estimate of drug-likeness (QED) is 0.405. The highest BCUT2D eigenvalue weighted by atomic mass is 32.1. The van der Waals surface area contributed by atoms with E-state index in [1.165, 1.54) is 0 Å². The maximum Gasteiger partial charge on any atom is 0.434 e. The third kappa shape index (κ3) is 6.47. The van der Waals surface area contributed by atoms with Gasteiger partial charge in [0, 0.05) is 50.9 Å². The summed E-state index contributed by atoms with van der Waals surface area (Å²) in [4.78, 5) is 21.4. The second-order valence-electron chi connectivity index (χ2n) is 5.90. The lowest BCUT2D eigenvalue weighted by Gasteiger charge is -2.15. The summed E-state index contributed by atoms with van der Waals surface area (Å²) in [7, 11) is 0. The van der Waals surface area contributed by atoms with Crippen molar-refractivity contribution in [3.8, 4) is 0 Å². The third-order valence-corrected chi connectivity index (χ3v) is 4.75. The molecule has 1 aliphatic rings. The van der Waals surface area contributed by atoms with Crippen LogP contribution in [-0.4, -0.2) is 54.5 Å². The fourth-order valence-corrected chi connectivity index (χ4v) is 3.38. The molecule has 1 aromatic heterocycles.